The highest BCUT2D eigenvalue weighted by Gasteiger charge is 2.18. The Balaban J connectivity index is 1.66. The van der Waals surface area contributed by atoms with Gasteiger partial charge in [-0.15, -0.1) is 0 Å². The van der Waals surface area contributed by atoms with Crippen molar-refractivity contribution in [2.45, 2.75) is 20.8 Å². The van der Waals surface area contributed by atoms with E-state index in [0.717, 1.165) is 22.6 Å². The van der Waals surface area contributed by atoms with Crippen molar-refractivity contribution < 1.29 is 9.53 Å². The molecule has 0 unspecified atom stereocenters. The molecule has 2 heterocycles. The first-order chi connectivity index (χ1) is 14.5. The number of amides is 1. The number of carbonyl (C=O) groups is 1. The minimum Gasteiger partial charge on any atom is -0.494 e. The number of fused-ring (bicyclic) bond motifs is 1. The molecule has 0 atom stereocenters. The Morgan fingerprint density at radius 1 is 1.07 bits per heavy atom. The molecule has 0 saturated heterocycles. The third-order valence-electron chi connectivity index (χ3n) is 4.78. The Hall–Kier alpha value is -3.38. The summed E-state index contributed by atoms with van der Waals surface area (Å²) in [5.74, 6) is 0.517. The fourth-order valence-corrected chi connectivity index (χ4v) is 3.47. The monoisotopic (exact) mass is 420 g/mol. The first-order valence-electron chi connectivity index (χ1n) is 9.63. The van der Waals surface area contributed by atoms with Gasteiger partial charge in [-0.3, -0.25) is 4.79 Å². The molecule has 30 heavy (non-hydrogen) atoms. The number of aromatic nitrogens is 3. The van der Waals surface area contributed by atoms with Gasteiger partial charge in [0.1, 0.15) is 5.75 Å². The van der Waals surface area contributed by atoms with E-state index in [1.807, 2.05) is 57.2 Å². The van der Waals surface area contributed by atoms with Crippen molar-refractivity contribution in [2.75, 3.05) is 11.9 Å². The molecule has 6 nitrogen and oxygen atoms in total. The quantitative estimate of drug-likeness (QED) is 0.474. The largest absolute Gasteiger partial charge is 0.494 e. The van der Waals surface area contributed by atoms with Gasteiger partial charge in [-0.1, -0.05) is 23.7 Å². The number of hydrogen-bond acceptors (Lipinski definition) is 4. The molecule has 0 aliphatic carbocycles. The van der Waals surface area contributed by atoms with Gasteiger partial charge in [0.25, 0.3) is 5.91 Å². The topological polar surface area (TPSA) is 68.5 Å². The van der Waals surface area contributed by atoms with Crippen LogP contribution in [0.3, 0.4) is 0 Å². The zero-order chi connectivity index (χ0) is 21.3. The van der Waals surface area contributed by atoms with Crippen LogP contribution in [0.25, 0.3) is 16.8 Å². The maximum atomic E-state index is 12.9. The van der Waals surface area contributed by atoms with E-state index in [2.05, 4.69) is 15.4 Å². The summed E-state index contributed by atoms with van der Waals surface area (Å²) in [4.78, 5) is 17.5. The second-order valence-electron chi connectivity index (χ2n) is 6.89. The summed E-state index contributed by atoms with van der Waals surface area (Å²) in [5.41, 5.74) is 5.20. The Morgan fingerprint density at radius 2 is 1.77 bits per heavy atom. The maximum Gasteiger partial charge on any atom is 0.259 e. The molecule has 0 saturated carbocycles. The predicted molar refractivity (Wildman–Crippen MR) is 118 cm³/mol. The highest BCUT2D eigenvalue weighted by Crippen LogP contribution is 2.29. The lowest BCUT2D eigenvalue weighted by molar-refractivity contribution is 0.102. The lowest BCUT2D eigenvalue weighted by Crippen LogP contribution is -2.15. The number of ether oxygens (including phenoxy) is 1. The van der Waals surface area contributed by atoms with E-state index in [0.29, 0.717) is 34.2 Å². The molecule has 0 bridgehead atoms. The molecule has 4 rings (SSSR count). The number of hydrogen-bond donors (Lipinski definition) is 1. The molecule has 2 aromatic carbocycles. The lowest BCUT2D eigenvalue weighted by Gasteiger charge is -2.09. The van der Waals surface area contributed by atoms with Crippen molar-refractivity contribution in [2.24, 2.45) is 0 Å². The third kappa shape index (κ3) is 3.86. The van der Waals surface area contributed by atoms with Gasteiger partial charge in [-0.05, 0) is 62.7 Å². The molecule has 0 aliphatic rings. The number of anilines is 1. The summed E-state index contributed by atoms with van der Waals surface area (Å²) in [5, 5.41) is 8.13. The van der Waals surface area contributed by atoms with Gasteiger partial charge in [0.15, 0.2) is 5.65 Å². The summed E-state index contributed by atoms with van der Waals surface area (Å²) in [6, 6.07) is 14.8. The zero-order valence-corrected chi connectivity index (χ0v) is 17.7. The van der Waals surface area contributed by atoms with E-state index in [4.69, 9.17) is 16.3 Å². The molecule has 1 N–H and O–H groups in total. The van der Waals surface area contributed by atoms with Crippen LogP contribution < -0.4 is 10.1 Å². The number of halogens is 1. The van der Waals surface area contributed by atoms with E-state index in [1.54, 1.807) is 22.8 Å². The molecule has 152 valence electrons. The van der Waals surface area contributed by atoms with Gasteiger partial charge in [-0.25, -0.2) is 9.50 Å². The van der Waals surface area contributed by atoms with Crippen molar-refractivity contribution in [3.8, 4) is 16.9 Å². The van der Waals surface area contributed by atoms with Crippen LogP contribution in [0.15, 0.2) is 54.7 Å². The Morgan fingerprint density at radius 3 is 2.43 bits per heavy atom. The van der Waals surface area contributed by atoms with Crippen molar-refractivity contribution in [3.05, 3.63) is 76.7 Å². The first kappa shape index (κ1) is 19.9. The maximum absolute atomic E-state index is 12.9. The van der Waals surface area contributed by atoms with E-state index >= 15 is 0 Å². The number of aryl methyl sites for hydroxylation is 2. The molecule has 1 amide bonds. The van der Waals surface area contributed by atoms with Crippen LogP contribution in [-0.2, 0) is 0 Å². The average Bonchev–Trinajstić information content (AvgIpc) is 3.04. The van der Waals surface area contributed by atoms with Crippen LogP contribution in [0.2, 0.25) is 5.02 Å². The second-order valence-corrected chi connectivity index (χ2v) is 7.32. The molecule has 4 aromatic rings. The highest BCUT2D eigenvalue weighted by molar-refractivity contribution is 6.30. The van der Waals surface area contributed by atoms with E-state index in [9.17, 15) is 4.79 Å². The molecule has 2 aromatic heterocycles. The zero-order valence-electron chi connectivity index (χ0n) is 16.9. The van der Waals surface area contributed by atoms with Crippen molar-refractivity contribution in [1.29, 1.82) is 0 Å². The van der Waals surface area contributed by atoms with Gasteiger partial charge in [0, 0.05) is 22.5 Å². The Labute approximate surface area is 179 Å². The fraction of sp³-hybridized carbons (Fsp3) is 0.174. The van der Waals surface area contributed by atoms with Crippen LogP contribution in [-0.4, -0.2) is 27.1 Å². The van der Waals surface area contributed by atoms with Crippen LogP contribution in [0.1, 0.15) is 28.7 Å². The van der Waals surface area contributed by atoms with Gasteiger partial charge in [0.2, 0.25) is 0 Å². The van der Waals surface area contributed by atoms with Gasteiger partial charge in [-0.2, -0.15) is 5.10 Å². The van der Waals surface area contributed by atoms with Crippen LogP contribution >= 0.6 is 11.6 Å². The molecule has 0 radical (unpaired) electrons. The van der Waals surface area contributed by atoms with Crippen molar-refractivity contribution >= 4 is 28.8 Å². The highest BCUT2D eigenvalue weighted by atomic mass is 35.5. The van der Waals surface area contributed by atoms with Gasteiger partial charge < -0.3 is 10.1 Å². The van der Waals surface area contributed by atoms with Gasteiger partial charge >= 0.3 is 0 Å². The Bertz CT molecular complexity index is 1210. The molecule has 0 fully saturated rings. The SMILES string of the molecule is CCOc1ccc(NC(=O)c2cn3nc(C)c(-c4ccc(Cl)cc4)c3nc2C)cc1. The van der Waals surface area contributed by atoms with Crippen molar-refractivity contribution in [3.63, 3.8) is 0 Å². The number of benzene rings is 2. The van der Waals surface area contributed by atoms with Crippen LogP contribution in [0.5, 0.6) is 5.75 Å². The third-order valence-corrected chi connectivity index (χ3v) is 5.03. The first-order valence-corrected chi connectivity index (χ1v) is 10.0. The van der Waals surface area contributed by atoms with Gasteiger partial charge in [0.05, 0.1) is 23.6 Å². The number of rotatable bonds is 5. The summed E-state index contributed by atoms with van der Waals surface area (Å²) in [6.07, 6.45) is 1.72. The predicted octanol–water partition coefficient (Wildman–Crippen LogP) is 5.32. The normalized spacial score (nSPS) is 10.9. The second kappa shape index (κ2) is 8.16. The lowest BCUT2D eigenvalue weighted by atomic mass is 10.1. The smallest absolute Gasteiger partial charge is 0.259 e. The number of carbonyl (C=O) groups excluding carboxylic acids is 1. The summed E-state index contributed by atoms with van der Waals surface area (Å²) >= 11 is 6.01. The molecular formula is C23H21ClN4O2. The molecule has 0 aliphatic heterocycles. The minimum absolute atomic E-state index is 0.243. The van der Waals surface area contributed by atoms with Crippen molar-refractivity contribution in [1.82, 2.24) is 14.6 Å². The number of nitrogens with one attached hydrogen (secondary N) is 1. The summed E-state index contributed by atoms with van der Waals surface area (Å²) < 4.78 is 7.08. The summed E-state index contributed by atoms with van der Waals surface area (Å²) in [7, 11) is 0. The fourth-order valence-electron chi connectivity index (χ4n) is 3.34. The minimum atomic E-state index is -0.243. The molecule has 7 heteroatoms. The van der Waals surface area contributed by atoms with E-state index in [-0.39, 0.29) is 5.91 Å². The van der Waals surface area contributed by atoms with Crippen LogP contribution in [0.4, 0.5) is 5.69 Å². The molecule has 0 spiro atoms. The van der Waals surface area contributed by atoms with E-state index < -0.39 is 0 Å². The number of nitrogens with zero attached hydrogens (tertiary/aromatic N) is 3. The Kier molecular flexibility index (Phi) is 5.42. The summed E-state index contributed by atoms with van der Waals surface area (Å²) in [6.45, 7) is 6.27. The average molecular weight is 421 g/mol. The standard InChI is InChI=1S/C23H21ClN4O2/c1-4-30-19-11-9-18(10-12-19)26-23(29)20-13-28-22(25-14(20)2)21(15(3)27-28)16-5-7-17(24)8-6-16/h5-13H,4H2,1-3H3,(H,26,29). The molecular weight excluding hydrogens is 400 g/mol. The van der Waals surface area contributed by atoms with E-state index in [1.165, 1.54) is 0 Å². The van der Waals surface area contributed by atoms with Crippen LogP contribution in [0, 0.1) is 13.8 Å².